The van der Waals surface area contributed by atoms with Crippen LogP contribution in [0.25, 0.3) is 6.08 Å². The van der Waals surface area contributed by atoms with E-state index in [4.69, 9.17) is 19.3 Å². The Labute approximate surface area is 140 Å². The largest absolute Gasteiger partial charge is 0.493 e. The van der Waals surface area contributed by atoms with Crippen molar-refractivity contribution in [1.82, 2.24) is 4.90 Å². The summed E-state index contributed by atoms with van der Waals surface area (Å²) in [5, 5.41) is 9.16. The van der Waals surface area contributed by atoms with Gasteiger partial charge in [0.05, 0.1) is 26.9 Å². The molecule has 0 aromatic heterocycles. The summed E-state index contributed by atoms with van der Waals surface area (Å²) in [5.41, 5.74) is 0.754. The topological polar surface area (TPSA) is 85.3 Å². The lowest BCUT2D eigenvalue weighted by molar-refractivity contribution is -0.156. The second kappa shape index (κ2) is 8.35. The summed E-state index contributed by atoms with van der Waals surface area (Å²) in [6, 6.07) is 4.36. The number of rotatable bonds is 6. The third-order valence-electron chi connectivity index (χ3n) is 3.60. The molecule has 1 heterocycles. The maximum absolute atomic E-state index is 12.3. The van der Waals surface area contributed by atoms with Crippen molar-refractivity contribution < 1.29 is 28.9 Å². The van der Waals surface area contributed by atoms with Crippen molar-refractivity contribution in [3.8, 4) is 11.5 Å². The average molecular weight is 335 g/mol. The molecule has 0 spiro atoms. The minimum atomic E-state index is -1.07. The predicted octanol–water partition coefficient (Wildman–Crippen LogP) is 1.42. The van der Waals surface area contributed by atoms with Gasteiger partial charge < -0.3 is 24.2 Å². The fraction of sp³-hybridized carbons (Fsp3) is 0.412. The molecular formula is C17H21NO6. The van der Waals surface area contributed by atoms with Crippen molar-refractivity contribution >= 4 is 18.0 Å². The molecule has 1 aliphatic heterocycles. The summed E-state index contributed by atoms with van der Waals surface area (Å²) in [7, 11) is 1.54. The number of amides is 1. The Balaban J connectivity index is 2.11. The Kier molecular flexibility index (Phi) is 6.20. The summed E-state index contributed by atoms with van der Waals surface area (Å²) in [5.74, 6) is -0.235. The quantitative estimate of drug-likeness (QED) is 0.792. The van der Waals surface area contributed by atoms with Gasteiger partial charge in [0.2, 0.25) is 5.91 Å². The number of methoxy groups -OCH3 is 1. The second-order valence-corrected chi connectivity index (χ2v) is 5.14. The summed E-state index contributed by atoms with van der Waals surface area (Å²) in [6.45, 7) is 3.00. The van der Waals surface area contributed by atoms with Crippen molar-refractivity contribution in [3.05, 3.63) is 29.8 Å². The van der Waals surface area contributed by atoms with Gasteiger partial charge >= 0.3 is 5.97 Å². The number of ether oxygens (including phenoxy) is 3. The molecule has 0 bridgehead atoms. The molecule has 130 valence electrons. The first-order valence-electron chi connectivity index (χ1n) is 7.67. The summed E-state index contributed by atoms with van der Waals surface area (Å²) in [4.78, 5) is 24.8. The zero-order valence-corrected chi connectivity index (χ0v) is 13.7. The Morgan fingerprint density at radius 3 is 2.88 bits per heavy atom. The molecule has 7 heteroatoms. The Bertz CT molecular complexity index is 628. The van der Waals surface area contributed by atoms with E-state index in [9.17, 15) is 9.59 Å². The van der Waals surface area contributed by atoms with Crippen LogP contribution < -0.4 is 9.47 Å². The van der Waals surface area contributed by atoms with Crippen LogP contribution in [-0.2, 0) is 14.3 Å². The lowest BCUT2D eigenvalue weighted by atomic mass is 10.1. The molecule has 0 aliphatic carbocycles. The van der Waals surface area contributed by atoms with Crippen LogP contribution in [0.3, 0.4) is 0 Å². The fourth-order valence-electron chi connectivity index (χ4n) is 2.40. The number of carboxylic acids is 1. The number of morpholine rings is 1. The molecule has 1 unspecified atom stereocenters. The van der Waals surface area contributed by atoms with Crippen molar-refractivity contribution in [3.63, 3.8) is 0 Å². The molecule has 1 N–H and O–H groups in total. The Hall–Kier alpha value is -2.54. The van der Waals surface area contributed by atoms with Crippen molar-refractivity contribution in [1.29, 1.82) is 0 Å². The molecule has 1 fully saturated rings. The minimum absolute atomic E-state index is 0.00574. The maximum Gasteiger partial charge on any atom is 0.328 e. The van der Waals surface area contributed by atoms with Gasteiger partial charge in [0.15, 0.2) is 17.5 Å². The van der Waals surface area contributed by atoms with Crippen LogP contribution in [-0.4, -0.2) is 61.4 Å². The smallest absolute Gasteiger partial charge is 0.328 e. The highest BCUT2D eigenvalue weighted by Gasteiger charge is 2.31. The van der Waals surface area contributed by atoms with Crippen molar-refractivity contribution in [2.75, 3.05) is 33.5 Å². The van der Waals surface area contributed by atoms with Gasteiger partial charge in [-0.2, -0.15) is 0 Å². The number of carbonyl (C=O) groups is 2. The van der Waals surface area contributed by atoms with Crippen LogP contribution in [0.2, 0.25) is 0 Å². The van der Waals surface area contributed by atoms with Crippen LogP contribution >= 0.6 is 0 Å². The van der Waals surface area contributed by atoms with Crippen molar-refractivity contribution in [2.24, 2.45) is 0 Å². The molecule has 1 aromatic carbocycles. The highest BCUT2D eigenvalue weighted by Crippen LogP contribution is 2.28. The Morgan fingerprint density at radius 2 is 2.21 bits per heavy atom. The molecule has 1 aromatic rings. The van der Waals surface area contributed by atoms with Gasteiger partial charge in [-0.25, -0.2) is 4.79 Å². The van der Waals surface area contributed by atoms with Crippen molar-refractivity contribution in [2.45, 2.75) is 13.0 Å². The number of benzene rings is 1. The van der Waals surface area contributed by atoms with E-state index in [1.165, 1.54) is 11.0 Å². The van der Waals surface area contributed by atoms with E-state index in [1.54, 1.807) is 31.4 Å². The van der Waals surface area contributed by atoms with Crippen LogP contribution in [0.5, 0.6) is 11.5 Å². The van der Waals surface area contributed by atoms with Gasteiger partial charge in [0, 0.05) is 12.6 Å². The SMILES string of the molecule is CCOc1ccc(/C=C/C(=O)N2CCOCC2C(=O)O)cc1OC. The van der Waals surface area contributed by atoms with E-state index in [0.29, 0.717) is 24.7 Å². The van der Waals surface area contributed by atoms with E-state index in [0.717, 1.165) is 5.56 Å². The third-order valence-corrected chi connectivity index (χ3v) is 3.60. The number of hydrogen-bond acceptors (Lipinski definition) is 5. The molecule has 1 atom stereocenters. The number of aliphatic carboxylic acids is 1. The van der Waals surface area contributed by atoms with Crippen LogP contribution in [0.4, 0.5) is 0 Å². The number of nitrogens with zero attached hydrogens (tertiary/aromatic N) is 1. The molecule has 0 saturated carbocycles. The number of carboxylic acid groups (broad SMARTS) is 1. The van der Waals surface area contributed by atoms with Crippen LogP contribution in [0, 0.1) is 0 Å². The molecule has 1 aliphatic rings. The average Bonchev–Trinajstić information content (AvgIpc) is 2.60. The normalized spacial score (nSPS) is 17.8. The minimum Gasteiger partial charge on any atom is -0.493 e. The van der Waals surface area contributed by atoms with E-state index in [1.807, 2.05) is 6.92 Å². The maximum atomic E-state index is 12.3. The van der Waals surface area contributed by atoms with Crippen LogP contribution in [0.1, 0.15) is 12.5 Å². The van der Waals surface area contributed by atoms with E-state index in [-0.39, 0.29) is 19.1 Å². The highest BCUT2D eigenvalue weighted by atomic mass is 16.5. The van der Waals surface area contributed by atoms with E-state index in [2.05, 4.69) is 0 Å². The molecule has 24 heavy (non-hydrogen) atoms. The van der Waals surface area contributed by atoms with Gasteiger partial charge in [-0.05, 0) is 30.7 Å². The standard InChI is InChI=1S/C17H21NO6/c1-3-24-14-6-4-12(10-15(14)22-2)5-7-16(19)18-8-9-23-11-13(18)17(20)21/h4-7,10,13H,3,8-9,11H2,1-2H3,(H,20,21)/b7-5+. The monoisotopic (exact) mass is 335 g/mol. The first-order valence-corrected chi connectivity index (χ1v) is 7.67. The second-order valence-electron chi connectivity index (χ2n) is 5.14. The lowest BCUT2D eigenvalue weighted by Gasteiger charge is -2.32. The third kappa shape index (κ3) is 4.26. The zero-order valence-electron chi connectivity index (χ0n) is 13.7. The molecule has 0 radical (unpaired) electrons. The highest BCUT2D eigenvalue weighted by molar-refractivity contribution is 5.94. The molecule has 2 rings (SSSR count). The first kappa shape index (κ1) is 17.8. The fourth-order valence-corrected chi connectivity index (χ4v) is 2.40. The van der Waals surface area contributed by atoms with E-state index < -0.39 is 12.0 Å². The summed E-state index contributed by atoms with van der Waals surface area (Å²) < 4.78 is 15.8. The summed E-state index contributed by atoms with van der Waals surface area (Å²) >= 11 is 0. The molecular weight excluding hydrogens is 314 g/mol. The lowest BCUT2D eigenvalue weighted by Crippen LogP contribution is -2.52. The van der Waals surface area contributed by atoms with Gasteiger partial charge in [-0.15, -0.1) is 0 Å². The predicted molar refractivity (Wildman–Crippen MR) is 87.2 cm³/mol. The van der Waals surface area contributed by atoms with Gasteiger partial charge in [-0.3, -0.25) is 4.79 Å². The Morgan fingerprint density at radius 1 is 1.42 bits per heavy atom. The van der Waals surface area contributed by atoms with Gasteiger partial charge in [-0.1, -0.05) is 6.07 Å². The molecule has 1 amide bonds. The van der Waals surface area contributed by atoms with Crippen LogP contribution in [0.15, 0.2) is 24.3 Å². The van der Waals surface area contributed by atoms with Gasteiger partial charge in [0.1, 0.15) is 0 Å². The molecule has 7 nitrogen and oxygen atoms in total. The summed E-state index contributed by atoms with van der Waals surface area (Å²) in [6.07, 6.45) is 2.98. The van der Waals surface area contributed by atoms with E-state index >= 15 is 0 Å². The van der Waals surface area contributed by atoms with Gasteiger partial charge in [0.25, 0.3) is 0 Å². The number of hydrogen-bond donors (Lipinski definition) is 1. The number of carbonyl (C=O) groups excluding carboxylic acids is 1. The zero-order chi connectivity index (χ0) is 17.5. The molecule has 1 saturated heterocycles. The first-order chi connectivity index (χ1) is 11.6.